The van der Waals surface area contributed by atoms with E-state index in [0.29, 0.717) is 0 Å². The molecule has 5 rings (SSSR count). The third-order valence-electron chi connectivity index (χ3n) is 5.52. The summed E-state index contributed by atoms with van der Waals surface area (Å²) in [5.74, 6) is 1.90. The van der Waals surface area contributed by atoms with Crippen LogP contribution in [-0.2, 0) is 24.1 Å². The number of hydrogen-bond acceptors (Lipinski definition) is 6. The average Bonchev–Trinajstić information content (AvgIpc) is 3.50. The van der Waals surface area contributed by atoms with Gasteiger partial charge in [0.2, 0.25) is 0 Å². The molecule has 0 N–H and O–H groups in total. The second-order valence-electron chi connectivity index (χ2n) is 7.48. The first-order valence-corrected chi connectivity index (χ1v) is 10.9. The van der Waals surface area contributed by atoms with Crippen LogP contribution in [-0.4, -0.2) is 34.2 Å². The molecule has 0 bridgehead atoms. The fourth-order valence-electron chi connectivity index (χ4n) is 4.16. The van der Waals surface area contributed by atoms with E-state index < -0.39 is 0 Å². The third kappa shape index (κ3) is 3.66. The summed E-state index contributed by atoms with van der Waals surface area (Å²) in [6.45, 7) is 2.63. The van der Waals surface area contributed by atoms with Crippen LogP contribution in [0.5, 0.6) is 0 Å². The topological polar surface area (TPSA) is 51.1 Å². The van der Waals surface area contributed by atoms with Crippen molar-refractivity contribution in [2.45, 2.75) is 44.8 Å². The normalized spacial score (nSPS) is 18.4. The number of aryl methyl sites for hydroxylation is 1. The molecule has 5 nitrogen and oxygen atoms in total. The smallest absolute Gasteiger partial charge is 0.161 e. The zero-order chi connectivity index (χ0) is 18.8. The van der Waals surface area contributed by atoms with E-state index in [1.54, 1.807) is 23.7 Å². The predicted molar refractivity (Wildman–Crippen MR) is 112 cm³/mol. The van der Waals surface area contributed by atoms with Crippen molar-refractivity contribution < 1.29 is 4.74 Å². The lowest BCUT2D eigenvalue weighted by atomic mass is 10.1. The SMILES string of the molecule is c1csc(CN(CC2CCCO2)c2nc(-c3ccncc3)nc3c2CCC3)c1. The van der Waals surface area contributed by atoms with Crippen LogP contribution in [0.4, 0.5) is 5.82 Å². The van der Waals surface area contributed by atoms with Gasteiger partial charge in [-0.2, -0.15) is 0 Å². The van der Waals surface area contributed by atoms with Crippen molar-refractivity contribution >= 4 is 17.2 Å². The molecular weight excluding hydrogens is 368 g/mol. The van der Waals surface area contributed by atoms with E-state index in [1.807, 2.05) is 12.1 Å². The third-order valence-corrected chi connectivity index (χ3v) is 6.39. The minimum atomic E-state index is 0.288. The van der Waals surface area contributed by atoms with Crippen molar-refractivity contribution in [2.24, 2.45) is 0 Å². The Bertz CT molecular complexity index is 923. The van der Waals surface area contributed by atoms with Gasteiger partial charge >= 0.3 is 0 Å². The second-order valence-corrected chi connectivity index (χ2v) is 8.51. The van der Waals surface area contributed by atoms with E-state index in [0.717, 1.165) is 69.0 Å². The Morgan fingerprint density at radius 2 is 2.04 bits per heavy atom. The molecule has 2 aliphatic rings. The molecule has 28 heavy (non-hydrogen) atoms. The van der Waals surface area contributed by atoms with E-state index >= 15 is 0 Å². The van der Waals surface area contributed by atoms with Crippen molar-refractivity contribution in [3.05, 3.63) is 58.2 Å². The Morgan fingerprint density at radius 3 is 2.82 bits per heavy atom. The molecule has 1 saturated heterocycles. The maximum atomic E-state index is 5.97. The zero-order valence-corrected chi connectivity index (χ0v) is 16.7. The monoisotopic (exact) mass is 392 g/mol. The Kier molecular flexibility index (Phi) is 5.06. The van der Waals surface area contributed by atoms with Crippen LogP contribution in [0.2, 0.25) is 0 Å². The number of rotatable bonds is 6. The minimum Gasteiger partial charge on any atom is -0.376 e. The van der Waals surface area contributed by atoms with Gasteiger partial charge in [0.05, 0.1) is 12.6 Å². The van der Waals surface area contributed by atoms with Crippen LogP contribution in [0, 0.1) is 0 Å². The molecule has 3 aromatic heterocycles. The molecule has 144 valence electrons. The first-order chi connectivity index (χ1) is 13.9. The first-order valence-electron chi connectivity index (χ1n) is 10.1. The highest BCUT2D eigenvalue weighted by Crippen LogP contribution is 2.33. The standard InChI is InChI=1S/C22H24N4OS/c1-6-19-20(7-1)24-21(16-8-10-23-11-9-16)25-22(19)26(14-17-4-2-12-27-17)15-18-5-3-13-28-18/h3,5,8-11,13,17H,1-2,4,6-7,12,14-15H2. The molecule has 6 heteroatoms. The molecule has 0 saturated carbocycles. The van der Waals surface area contributed by atoms with Gasteiger partial charge < -0.3 is 9.64 Å². The summed E-state index contributed by atoms with van der Waals surface area (Å²) in [5, 5.41) is 2.15. The van der Waals surface area contributed by atoms with E-state index in [4.69, 9.17) is 14.7 Å². The lowest BCUT2D eigenvalue weighted by Crippen LogP contribution is -2.33. The molecule has 3 aromatic rings. The first kappa shape index (κ1) is 17.8. The number of anilines is 1. The van der Waals surface area contributed by atoms with Gasteiger partial charge in [-0.05, 0) is 55.7 Å². The number of pyridine rings is 1. The maximum absolute atomic E-state index is 5.97. The summed E-state index contributed by atoms with van der Waals surface area (Å²) in [6, 6.07) is 8.31. The van der Waals surface area contributed by atoms with E-state index in [-0.39, 0.29) is 6.10 Å². The summed E-state index contributed by atoms with van der Waals surface area (Å²) in [5.41, 5.74) is 3.56. The highest BCUT2D eigenvalue weighted by Gasteiger charge is 2.27. The van der Waals surface area contributed by atoms with Crippen LogP contribution < -0.4 is 4.90 Å². The number of ether oxygens (including phenoxy) is 1. The Labute approximate surface area is 169 Å². The van der Waals surface area contributed by atoms with Crippen molar-refractivity contribution in [3.63, 3.8) is 0 Å². The molecule has 1 atom stereocenters. The lowest BCUT2D eigenvalue weighted by Gasteiger charge is -2.28. The average molecular weight is 393 g/mol. The molecular formula is C22H24N4OS. The second kappa shape index (κ2) is 7.97. The Balaban J connectivity index is 1.55. The van der Waals surface area contributed by atoms with Crippen LogP contribution in [0.15, 0.2) is 42.0 Å². The molecule has 0 aromatic carbocycles. The lowest BCUT2D eigenvalue weighted by molar-refractivity contribution is 0.115. The quantitative estimate of drug-likeness (QED) is 0.627. The predicted octanol–water partition coefficient (Wildman–Crippen LogP) is 4.27. The van der Waals surface area contributed by atoms with Gasteiger partial charge in [-0.1, -0.05) is 6.07 Å². The van der Waals surface area contributed by atoms with Crippen molar-refractivity contribution in [3.8, 4) is 11.4 Å². The van der Waals surface area contributed by atoms with Gasteiger partial charge in [0.15, 0.2) is 5.82 Å². The van der Waals surface area contributed by atoms with Gasteiger partial charge in [-0.25, -0.2) is 9.97 Å². The Morgan fingerprint density at radius 1 is 1.11 bits per heavy atom. The number of aromatic nitrogens is 3. The summed E-state index contributed by atoms with van der Waals surface area (Å²) in [4.78, 5) is 17.9. The fraction of sp³-hybridized carbons (Fsp3) is 0.409. The summed E-state index contributed by atoms with van der Waals surface area (Å²) >= 11 is 1.80. The maximum Gasteiger partial charge on any atom is 0.161 e. The van der Waals surface area contributed by atoms with Gasteiger partial charge in [0.25, 0.3) is 0 Å². The summed E-state index contributed by atoms with van der Waals surface area (Å²) in [6.07, 6.45) is 9.44. The van der Waals surface area contributed by atoms with Gasteiger partial charge in [0.1, 0.15) is 5.82 Å². The van der Waals surface area contributed by atoms with E-state index in [9.17, 15) is 0 Å². The van der Waals surface area contributed by atoms with Crippen molar-refractivity contribution in [2.75, 3.05) is 18.1 Å². The molecule has 4 heterocycles. The van der Waals surface area contributed by atoms with Crippen molar-refractivity contribution in [1.29, 1.82) is 0 Å². The van der Waals surface area contributed by atoms with Gasteiger partial charge in [0, 0.05) is 47.2 Å². The van der Waals surface area contributed by atoms with Crippen molar-refractivity contribution in [1.82, 2.24) is 15.0 Å². The molecule has 1 unspecified atom stereocenters. The largest absolute Gasteiger partial charge is 0.376 e. The highest BCUT2D eigenvalue weighted by atomic mass is 32.1. The number of fused-ring (bicyclic) bond motifs is 1. The molecule has 1 fully saturated rings. The molecule has 1 aliphatic heterocycles. The molecule has 0 spiro atoms. The summed E-state index contributed by atoms with van der Waals surface area (Å²) < 4.78 is 5.97. The fourth-order valence-corrected chi connectivity index (χ4v) is 4.87. The molecule has 0 radical (unpaired) electrons. The van der Waals surface area contributed by atoms with E-state index in [2.05, 4.69) is 27.4 Å². The summed E-state index contributed by atoms with van der Waals surface area (Å²) in [7, 11) is 0. The number of nitrogens with zero attached hydrogens (tertiary/aromatic N) is 4. The van der Waals surface area contributed by atoms with E-state index in [1.165, 1.54) is 16.1 Å². The molecule has 1 aliphatic carbocycles. The van der Waals surface area contributed by atoms with Gasteiger partial charge in [-0.3, -0.25) is 4.98 Å². The Hall–Kier alpha value is -2.31. The number of hydrogen-bond donors (Lipinski definition) is 0. The van der Waals surface area contributed by atoms with Gasteiger partial charge in [-0.15, -0.1) is 11.3 Å². The van der Waals surface area contributed by atoms with Crippen LogP contribution in [0.25, 0.3) is 11.4 Å². The number of thiophene rings is 1. The van der Waals surface area contributed by atoms with Crippen LogP contribution >= 0.6 is 11.3 Å². The molecule has 0 amide bonds. The minimum absolute atomic E-state index is 0.288. The highest BCUT2D eigenvalue weighted by molar-refractivity contribution is 7.09. The zero-order valence-electron chi connectivity index (χ0n) is 15.9. The van der Waals surface area contributed by atoms with Crippen LogP contribution in [0.1, 0.15) is 35.4 Å². The van der Waals surface area contributed by atoms with Crippen LogP contribution in [0.3, 0.4) is 0 Å².